The molecule has 2 aromatic carbocycles. The average Bonchev–Trinajstić information content (AvgIpc) is 2.63. The summed E-state index contributed by atoms with van der Waals surface area (Å²) in [6, 6.07) is 17.9. The van der Waals surface area contributed by atoms with Crippen LogP contribution in [0.5, 0.6) is 0 Å². The number of carbonyl (C=O) groups is 1. The molecule has 5 nitrogen and oxygen atoms in total. The maximum Gasteiger partial charge on any atom is 0.240 e. The predicted molar refractivity (Wildman–Crippen MR) is 98.5 cm³/mol. The van der Waals surface area contributed by atoms with Crippen molar-refractivity contribution in [2.75, 3.05) is 6.54 Å². The van der Waals surface area contributed by atoms with Crippen LogP contribution in [0.3, 0.4) is 0 Å². The summed E-state index contributed by atoms with van der Waals surface area (Å²) in [5.74, 6) is -0.168. The Morgan fingerprint density at radius 1 is 1.00 bits per heavy atom. The minimum atomic E-state index is -3.58. The quantitative estimate of drug-likeness (QED) is 0.722. The van der Waals surface area contributed by atoms with Crippen LogP contribution in [0.15, 0.2) is 65.6 Å². The number of carbonyl (C=O) groups excluding carboxylic acids is 1. The second kappa shape index (κ2) is 9.34. The van der Waals surface area contributed by atoms with Crippen molar-refractivity contribution in [1.29, 1.82) is 0 Å². The molecule has 25 heavy (non-hydrogen) atoms. The number of hydrogen-bond donors (Lipinski definition) is 2. The van der Waals surface area contributed by atoms with E-state index < -0.39 is 10.0 Å². The summed E-state index contributed by atoms with van der Waals surface area (Å²) in [6.07, 6.45) is 1.88. The van der Waals surface area contributed by atoms with Crippen molar-refractivity contribution in [3.63, 3.8) is 0 Å². The summed E-state index contributed by atoms with van der Waals surface area (Å²) in [5.41, 5.74) is 1.06. The highest BCUT2D eigenvalue weighted by molar-refractivity contribution is 7.89. The van der Waals surface area contributed by atoms with Gasteiger partial charge in [-0.3, -0.25) is 4.79 Å². The predicted octanol–water partition coefficient (Wildman–Crippen LogP) is 3.01. The van der Waals surface area contributed by atoms with E-state index >= 15 is 0 Å². The Morgan fingerprint density at radius 2 is 1.60 bits per heavy atom. The maximum atomic E-state index is 12.2. The van der Waals surface area contributed by atoms with E-state index in [2.05, 4.69) is 17.0 Å². The molecule has 2 aromatic rings. The van der Waals surface area contributed by atoms with Crippen molar-refractivity contribution in [3.05, 3.63) is 66.2 Å². The van der Waals surface area contributed by atoms with E-state index in [9.17, 15) is 13.2 Å². The second-order valence-electron chi connectivity index (χ2n) is 5.78. The smallest absolute Gasteiger partial charge is 0.240 e. The number of amides is 1. The van der Waals surface area contributed by atoms with E-state index in [-0.39, 0.29) is 29.8 Å². The highest BCUT2D eigenvalue weighted by Crippen LogP contribution is 2.18. The van der Waals surface area contributed by atoms with E-state index in [0.29, 0.717) is 0 Å². The zero-order valence-corrected chi connectivity index (χ0v) is 15.1. The van der Waals surface area contributed by atoms with Crippen LogP contribution >= 0.6 is 0 Å². The summed E-state index contributed by atoms with van der Waals surface area (Å²) < 4.78 is 26.7. The number of benzene rings is 2. The van der Waals surface area contributed by atoms with Crippen molar-refractivity contribution >= 4 is 15.9 Å². The van der Waals surface area contributed by atoms with Crippen molar-refractivity contribution in [2.45, 2.75) is 37.1 Å². The lowest BCUT2D eigenvalue weighted by Crippen LogP contribution is -2.33. The van der Waals surface area contributed by atoms with Crippen LogP contribution in [0.1, 0.15) is 37.8 Å². The minimum Gasteiger partial charge on any atom is -0.349 e. The first-order valence-corrected chi connectivity index (χ1v) is 9.90. The van der Waals surface area contributed by atoms with E-state index in [1.807, 2.05) is 30.3 Å². The van der Waals surface area contributed by atoms with E-state index in [1.165, 1.54) is 12.1 Å². The third kappa shape index (κ3) is 5.99. The molecule has 134 valence electrons. The molecule has 0 spiro atoms. The van der Waals surface area contributed by atoms with Crippen molar-refractivity contribution in [2.24, 2.45) is 0 Å². The summed E-state index contributed by atoms with van der Waals surface area (Å²) in [5, 5.41) is 2.99. The van der Waals surface area contributed by atoms with Crippen LogP contribution < -0.4 is 10.0 Å². The van der Waals surface area contributed by atoms with Gasteiger partial charge in [0.1, 0.15) is 0 Å². The van der Waals surface area contributed by atoms with Crippen LogP contribution in [0.4, 0.5) is 0 Å². The number of nitrogens with one attached hydrogen (secondary N) is 2. The Bertz CT molecular complexity index is 762. The zero-order chi connectivity index (χ0) is 18.1. The van der Waals surface area contributed by atoms with Gasteiger partial charge in [-0.2, -0.15) is 0 Å². The highest BCUT2D eigenvalue weighted by Gasteiger charge is 2.16. The normalized spacial score (nSPS) is 12.5. The van der Waals surface area contributed by atoms with Crippen LogP contribution in [0.2, 0.25) is 0 Å². The van der Waals surface area contributed by atoms with Gasteiger partial charge < -0.3 is 5.32 Å². The fourth-order valence-corrected chi connectivity index (χ4v) is 3.60. The highest BCUT2D eigenvalue weighted by atomic mass is 32.2. The largest absolute Gasteiger partial charge is 0.349 e. The molecule has 1 unspecified atom stereocenters. The van der Waals surface area contributed by atoms with Gasteiger partial charge in [-0.1, -0.05) is 61.9 Å². The summed E-state index contributed by atoms with van der Waals surface area (Å²) in [6.45, 7) is 2.13. The molecule has 0 aliphatic heterocycles. The van der Waals surface area contributed by atoms with Crippen molar-refractivity contribution in [3.8, 4) is 0 Å². The molecule has 0 saturated heterocycles. The first-order chi connectivity index (χ1) is 12.0. The topological polar surface area (TPSA) is 75.3 Å². The average molecular weight is 360 g/mol. The fourth-order valence-electron chi connectivity index (χ4n) is 2.54. The van der Waals surface area contributed by atoms with Gasteiger partial charge in [-0.25, -0.2) is 13.1 Å². The minimum absolute atomic E-state index is 0.0515. The Hall–Kier alpha value is -2.18. The molecule has 6 heteroatoms. The van der Waals surface area contributed by atoms with Crippen LogP contribution in [0, 0.1) is 0 Å². The van der Waals surface area contributed by atoms with Gasteiger partial charge in [0.15, 0.2) is 0 Å². The monoisotopic (exact) mass is 360 g/mol. The van der Waals surface area contributed by atoms with Crippen LogP contribution in [-0.2, 0) is 14.8 Å². The van der Waals surface area contributed by atoms with Gasteiger partial charge in [-0.15, -0.1) is 0 Å². The molecule has 0 bridgehead atoms. The molecule has 1 amide bonds. The molecule has 0 radical (unpaired) electrons. The Morgan fingerprint density at radius 3 is 2.20 bits per heavy atom. The molecule has 1 atom stereocenters. The zero-order valence-electron chi connectivity index (χ0n) is 14.3. The van der Waals surface area contributed by atoms with E-state index in [4.69, 9.17) is 0 Å². The molecule has 0 aromatic heterocycles. The maximum absolute atomic E-state index is 12.2. The summed E-state index contributed by atoms with van der Waals surface area (Å²) in [7, 11) is -3.58. The third-order valence-corrected chi connectivity index (χ3v) is 5.29. The Kier molecular flexibility index (Phi) is 7.16. The van der Waals surface area contributed by atoms with Crippen molar-refractivity contribution < 1.29 is 13.2 Å². The van der Waals surface area contributed by atoms with Gasteiger partial charge >= 0.3 is 0 Å². The van der Waals surface area contributed by atoms with Gasteiger partial charge in [0.05, 0.1) is 10.9 Å². The van der Waals surface area contributed by atoms with Gasteiger partial charge in [0.25, 0.3) is 0 Å². The number of rotatable bonds is 9. The summed E-state index contributed by atoms with van der Waals surface area (Å²) in [4.78, 5) is 12.4. The third-order valence-electron chi connectivity index (χ3n) is 3.81. The van der Waals surface area contributed by atoms with Gasteiger partial charge in [0.2, 0.25) is 15.9 Å². The molecular formula is C19H24N2O3S. The molecule has 0 aliphatic carbocycles. The van der Waals surface area contributed by atoms with Gasteiger partial charge in [-0.05, 0) is 24.1 Å². The summed E-state index contributed by atoms with van der Waals surface area (Å²) >= 11 is 0. The SMILES string of the molecule is CCCC(NC(=O)CCNS(=O)(=O)c1ccccc1)c1ccccc1. The Balaban J connectivity index is 1.87. The number of hydrogen-bond acceptors (Lipinski definition) is 3. The van der Waals surface area contributed by atoms with E-state index in [0.717, 1.165) is 18.4 Å². The Labute approximate surface area is 149 Å². The standard InChI is InChI=1S/C19H24N2O3S/c1-2-9-18(16-10-5-3-6-11-16)21-19(22)14-15-20-25(23,24)17-12-7-4-8-13-17/h3-8,10-13,18,20H,2,9,14-15H2,1H3,(H,21,22). The molecule has 0 heterocycles. The molecule has 0 fully saturated rings. The van der Waals surface area contributed by atoms with Gasteiger partial charge in [0, 0.05) is 13.0 Å². The molecule has 2 rings (SSSR count). The first-order valence-electron chi connectivity index (χ1n) is 8.42. The lowest BCUT2D eigenvalue weighted by molar-refractivity contribution is -0.121. The number of sulfonamides is 1. The lowest BCUT2D eigenvalue weighted by Gasteiger charge is -2.18. The van der Waals surface area contributed by atoms with Crippen LogP contribution in [-0.4, -0.2) is 20.9 Å². The molecule has 0 aliphatic rings. The van der Waals surface area contributed by atoms with E-state index in [1.54, 1.807) is 18.2 Å². The second-order valence-corrected chi connectivity index (χ2v) is 7.55. The van der Waals surface area contributed by atoms with Crippen molar-refractivity contribution in [1.82, 2.24) is 10.0 Å². The molecule has 2 N–H and O–H groups in total. The lowest BCUT2D eigenvalue weighted by atomic mass is 10.0. The first kappa shape index (κ1) is 19.1. The fraction of sp³-hybridized carbons (Fsp3) is 0.316. The molecule has 0 saturated carbocycles. The molecular weight excluding hydrogens is 336 g/mol. The van der Waals surface area contributed by atoms with Crippen LogP contribution in [0.25, 0.3) is 0 Å².